The third-order valence-electron chi connectivity index (χ3n) is 2.61. The zero-order valence-electron chi connectivity index (χ0n) is 9.72. The number of nitrogens with zero attached hydrogens (tertiary/aromatic N) is 2. The van der Waals surface area contributed by atoms with Gasteiger partial charge < -0.3 is 10.2 Å². The van der Waals surface area contributed by atoms with E-state index in [1.54, 1.807) is 0 Å². The molecule has 16 heavy (non-hydrogen) atoms. The first-order valence-corrected chi connectivity index (χ1v) is 5.50. The first-order valence-electron chi connectivity index (χ1n) is 5.50. The third-order valence-corrected chi connectivity index (χ3v) is 2.61. The van der Waals surface area contributed by atoms with Crippen molar-refractivity contribution in [3.63, 3.8) is 0 Å². The highest BCUT2D eigenvalue weighted by Crippen LogP contribution is 2.11. The lowest BCUT2D eigenvalue weighted by molar-refractivity contribution is 0.465. The summed E-state index contributed by atoms with van der Waals surface area (Å²) in [5, 5.41) is 3.39. The molecule has 0 bridgehead atoms. The Labute approximate surface area is 96.5 Å². The summed E-state index contributed by atoms with van der Waals surface area (Å²) < 4.78 is 0. The molecule has 0 amide bonds. The fourth-order valence-corrected chi connectivity index (χ4v) is 1.63. The number of hydrogen-bond acceptors (Lipinski definition) is 3. The Morgan fingerprint density at radius 3 is 2.69 bits per heavy atom. The Kier molecular flexibility index (Phi) is 3.25. The molecule has 0 aliphatic carbocycles. The second-order valence-corrected chi connectivity index (χ2v) is 4.03. The van der Waals surface area contributed by atoms with Crippen LogP contribution in [0.1, 0.15) is 18.5 Å². The molecule has 1 aliphatic heterocycles. The van der Waals surface area contributed by atoms with Gasteiger partial charge in [0.05, 0.1) is 0 Å². The third kappa shape index (κ3) is 2.63. The predicted octanol–water partition coefficient (Wildman–Crippen LogP) is 2.15. The molecule has 2 rings (SSSR count). The number of nitrogens with one attached hydrogen (secondary N) is 1. The van der Waals surface area contributed by atoms with Gasteiger partial charge in [-0.25, -0.2) is 4.99 Å². The van der Waals surface area contributed by atoms with Gasteiger partial charge in [-0.1, -0.05) is 30.3 Å². The Hall–Kier alpha value is -1.77. The molecule has 1 aliphatic rings. The summed E-state index contributed by atoms with van der Waals surface area (Å²) >= 11 is 0. The number of aliphatic imine (C=N–C) groups is 1. The van der Waals surface area contributed by atoms with Crippen LogP contribution in [0.15, 0.2) is 47.6 Å². The fourth-order valence-electron chi connectivity index (χ4n) is 1.63. The lowest BCUT2D eigenvalue weighted by Crippen LogP contribution is -2.29. The van der Waals surface area contributed by atoms with E-state index in [1.807, 2.05) is 30.3 Å². The van der Waals surface area contributed by atoms with Gasteiger partial charge in [-0.2, -0.15) is 0 Å². The van der Waals surface area contributed by atoms with E-state index >= 15 is 0 Å². The summed E-state index contributed by atoms with van der Waals surface area (Å²) in [5.41, 5.74) is 1.28. The average molecular weight is 215 g/mol. The summed E-state index contributed by atoms with van der Waals surface area (Å²) in [7, 11) is 2.01. The van der Waals surface area contributed by atoms with Crippen LogP contribution in [0.25, 0.3) is 0 Å². The van der Waals surface area contributed by atoms with Crippen LogP contribution in [-0.2, 0) is 0 Å². The van der Waals surface area contributed by atoms with Crippen LogP contribution >= 0.6 is 0 Å². The van der Waals surface area contributed by atoms with Crippen molar-refractivity contribution in [1.82, 2.24) is 10.2 Å². The van der Waals surface area contributed by atoms with Crippen molar-refractivity contribution in [3.8, 4) is 0 Å². The Morgan fingerprint density at radius 2 is 2.06 bits per heavy atom. The number of amidine groups is 1. The van der Waals surface area contributed by atoms with Crippen LogP contribution in [0.3, 0.4) is 0 Å². The molecule has 3 nitrogen and oxygen atoms in total. The van der Waals surface area contributed by atoms with Crippen LogP contribution < -0.4 is 5.32 Å². The van der Waals surface area contributed by atoms with Crippen molar-refractivity contribution in [2.24, 2.45) is 4.99 Å². The average Bonchev–Trinajstić information content (AvgIpc) is 2.33. The lowest BCUT2D eigenvalue weighted by Gasteiger charge is -2.20. The van der Waals surface area contributed by atoms with Crippen molar-refractivity contribution in [2.75, 3.05) is 13.7 Å². The minimum Gasteiger partial charge on any atom is -0.364 e. The first-order chi connectivity index (χ1) is 7.75. The van der Waals surface area contributed by atoms with Crippen LogP contribution in [0.5, 0.6) is 0 Å². The van der Waals surface area contributed by atoms with Gasteiger partial charge in [-0.05, 0) is 18.6 Å². The van der Waals surface area contributed by atoms with Crippen molar-refractivity contribution < 1.29 is 0 Å². The topological polar surface area (TPSA) is 27.6 Å². The number of benzene rings is 1. The highest BCUT2D eigenvalue weighted by atomic mass is 15.2. The second-order valence-electron chi connectivity index (χ2n) is 4.03. The van der Waals surface area contributed by atoms with E-state index in [0.717, 1.165) is 12.5 Å². The van der Waals surface area contributed by atoms with Gasteiger partial charge in [-0.15, -0.1) is 0 Å². The minimum atomic E-state index is 0.285. The van der Waals surface area contributed by atoms with Crippen molar-refractivity contribution in [1.29, 1.82) is 0 Å². The highest BCUT2D eigenvalue weighted by molar-refractivity contribution is 5.93. The standard InChI is InChI=1S/C13H17N3/c1-11(12-6-4-3-5-7-12)15-13-8-9-16(2)10-14-13/h3-9,11H,10H2,1-2H3,(H,14,15). The maximum atomic E-state index is 4.42. The van der Waals surface area contributed by atoms with Gasteiger partial charge in [0.25, 0.3) is 0 Å². The largest absolute Gasteiger partial charge is 0.364 e. The van der Waals surface area contributed by atoms with Gasteiger partial charge in [-0.3, -0.25) is 0 Å². The van der Waals surface area contributed by atoms with Crippen LogP contribution in [0.2, 0.25) is 0 Å². The zero-order chi connectivity index (χ0) is 11.4. The summed E-state index contributed by atoms with van der Waals surface area (Å²) in [4.78, 5) is 6.46. The molecule has 0 saturated heterocycles. The lowest BCUT2D eigenvalue weighted by atomic mass is 10.1. The molecular weight excluding hydrogens is 198 g/mol. The quantitative estimate of drug-likeness (QED) is 0.818. The van der Waals surface area contributed by atoms with Crippen LogP contribution in [0, 0.1) is 0 Å². The van der Waals surface area contributed by atoms with Crippen molar-refractivity contribution in [3.05, 3.63) is 48.2 Å². The second kappa shape index (κ2) is 4.84. The molecule has 0 radical (unpaired) electrons. The molecule has 1 aromatic rings. The molecule has 0 aromatic heterocycles. The Balaban J connectivity index is 1.98. The molecule has 0 fully saturated rings. The van der Waals surface area contributed by atoms with Crippen molar-refractivity contribution >= 4 is 5.84 Å². The summed E-state index contributed by atoms with van der Waals surface area (Å²) in [6.07, 6.45) is 4.04. The molecule has 84 valence electrons. The minimum absolute atomic E-state index is 0.285. The van der Waals surface area contributed by atoms with Gasteiger partial charge in [0.15, 0.2) is 0 Å². The molecule has 1 unspecified atom stereocenters. The normalized spacial score (nSPS) is 16.9. The molecule has 1 heterocycles. The Morgan fingerprint density at radius 1 is 1.31 bits per heavy atom. The maximum Gasteiger partial charge on any atom is 0.124 e. The van der Waals surface area contributed by atoms with E-state index < -0.39 is 0 Å². The SMILES string of the molecule is CC(NC1=NCN(C)C=C1)c1ccccc1. The molecule has 1 atom stereocenters. The highest BCUT2D eigenvalue weighted by Gasteiger charge is 2.07. The monoisotopic (exact) mass is 215 g/mol. The van der Waals surface area contributed by atoms with E-state index in [2.05, 4.69) is 41.5 Å². The fraction of sp³-hybridized carbons (Fsp3) is 0.308. The zero-order valence-corrected chi connectivity index (χ0v) is 9.72. The van der Waals surface area contributed by atoms with Crippen LogP contribution in [-0.4, -0.2) is 24.5 Å². The number of hydrogen-bond donors (Lipinski definition) is 1. The van der Waals surface area contributed by atoms with Gasteiger partial charge in [0.2, 0.25) is 0 Å². The van der Waals surface area contributed by atoms with E-state index in [1.165, 1.54) is 5.56 Å². The molecule has 0 spiro atoms. The van der Waals surface area contributed by atoms with Gasteiger partial charge in [0, 0.05) is 19.3 Å². The van der Waals surface area contributed by atoms with E-state index in [-0.39, 0.29) is 6.04 Å². The van der Waals surface area contributed by atoms with Crippen molar-refractivity contribution in [2.45, 2.75) is 13.0 Å². The summed E-state index contributed by atoms with van der Waals surface area (Å²) in [6.45, 7) is 2.87. The Bertz CT molecular complexity index is 395. The van der Waals surface area contributed by atoms with Gasteiger partial charge >= 0.3 is 0 Å². The maximum absolute atomic E-state index is 4.42. The smallest absolute Gasteiger partial charge is 0.124 e. The van der Waals surface area contributed by atoms with Crippen LogP contribution in [0.4, 0.5) is 0 Å². The van der Waals surface area contributed by atoms with E-state index in [9.17, 15) is 0 Å². The number of rotatable bonds is 2. The first kappa shape index (κ1) is 10.7. The molecule has 1 N–H and O–H groups in total. The molecule has 0 saturated carbocycles. The van der Waals surface area contributed by atoms with Gasteiger partial charge in [0.1, 0.15) is 12.5 Å². The summed E-state index contributed by atoms with van der Waals surface area (Å²) in [6, 6.07) is 10.7. The molecule has 3 heteroatoms. The van der Waals surface area contributed by atoms with E-state index in [4.69, 9.17) is 0 Å². The van der Waals surface area contributed by atoms with E-state index in [0.29, 0.717) is 0 Å². The summed E-state index contributed by atoms with van der Waals surface area (Å²) in [5.74, 6) is 0.953. The predicted molar refractivity (Wildman–Crippen MR) is 67.2 cm³/mol. The molecule has 1 aromatic carbocycles. The molecular formula is C13H17N3.